The van der Waals surface area contributed by atoms with Gasteiger partial charge in [0.2, 0.25) is 0 Å². The van der Waals surface area contributed by atoms with Crippen LogP contribution in [0.5, 0.6) is 0 Å². The maximum Gasteiger partial charge on any atom is 0.294 e. The summed E-state index contributed by atoms with van der Waals surface area (Å²) in [5.41, 5.74) is 7.91. The van der Waals surface area contributed by atoms with E-state index in [4.69, 9.17) is 5.73 Å². The Morgan fingerprint density at radius 1 is 1.85 bits per heavy atom. The highest BCUT2D eigenvalue weighted by Crippen LogP contribution is 2.09. The number of nitrogens with zero attached hydrogens (tertiary/aromatic N) is 1. The van der Waals surface area contributed by atoms with E-state index in [1.807, 2.05) is 0 Å². The molecule has 0 aromatic carbocycles. The number of rotatable bonds is 4. The van der Waals surface area contributed by atoms with Gasteiger partial charge in [0, 0.05) is 11.8 Å². The minimum absolute atomic E-state index is 0.331. The molecule has 0 saturated carbocycles. The molecule has 72 valence electrons. The van der Waals surface area contributed by atoms with Crippen LogP contribution in [0.25, 0.3) is 0 Å². The molecule has 0 unspecified atom stereocenters. The zero-order chi connectivity index (χ0) is 9.68. The van der Waals surface area contributed by atoms with Crippen molar-refractivity contribution in [3.8, 4) is 0 Å². The van der Waals surface area contributed by atoms with E-state index in [0.29, 0.717) is 18.7 Å². The molecule has 1 aromatic heterocycles. The number of aromatic nitrogens is 1. The van der Waals surface area contributed by atoms with Gasteiger partial charge >= 0.3 is 0 Å². The highest BCUT2D eigenvalue weighted by Gasteiger charge is 2.09. The molecule has 0 spiro atoms. The van der Waals surface area contributed by atoms with E-state index in [9.17, 15) is 4.79 Å². The Balaban J connectivity index is 2.62. The van der Waals surface area contributed by atoms with E-state index in [1.165, 1.54) is 18.4 Å². The number of amides is 1. The van der Waals surface area contributed by atoms with E-state index in [2.05, 4.69) is 15.3 Å². The van der Waals surface area contributed by atoms with E-state index < -0.39 is 0 Å². The molecule has 5 nitrogen and oxygen atoms in total. The monoisotopic (exact) mass is 201 g/mol. The molecule has 0 aliphatic carbocycles. The van der Waals surface area contributed by atoms with Crippen molar-refractivity contribution >= 4 is 17.2 Å². The van der Waals surface area contributed by atoms with Crippen molar-refractivity contribution in [2.75, 3.05) is 13.7 Å². The average Bonchev–Trinajstić information content (AvgIpc) is 2.54. The second-order valence-electron chi connectivity index (χ2n) is 2.30. The molecule has 0 atom stereocenters. The van der Waals surface area contributed by atoms with Gasteiger partial charge in [-0.25, -0.2) is 10.5 Å². The summed E-state index contributed by atoms with van der Waals surface area (Å²) >= 11 is 1.42. The third-order valence-electron chi connectivity index (χ3n) is 1.34. The van der Waals surface area contributed by atoms with Crippen LogP contribution < -0.4 is 11.2 Å². The molecule has 0 saturated heterocycles. The summed E-state index contributed by atoms with van der Waals surface area (Å²) in [5, 5.41) is 2.54. The molecule has 6 heteroatoms. The lowest BCUT2D eigenvalue weighted by Crippen LogP contribution is -2.22. The van der Waals surface area contributed by atoms with Crippen LogP contribution >= 0.6 is 11.3 Å². The minimum Gasteiger partial charge on any atom is -0.330 e. The van der Waals surface area contributed by atoms with Crippen molar-refractivity contribution in [2.24, 2.45) is 5.73 Å². The van der Waals surface area contributed by atoms with Gasteiger partial charge < -0.3 is 5.73 Å². The van der Waals surface area contributed by atoms with Crippen molar-refractivity contribution in [3.63, 3.8) is 0 Å². The Kier molecular flexibility index (Phi) is 3.81. The van der Waals surface area contributed by atoms with E-state index in [0.717, 1.165) is 5.01 Å². The van der Waals surface area contributed by atoms with Gasteiger partial charge in [-0.2, -0.15) is 0 Å². The molecule has 0 bridgehead atoms. The highest BCUT2D eigenvalue weighted by molar-refractivity contribution is 7.09. The molecule has 0 radical (unpaired) electrons. The number of carbonyl (C=O) groups is 1. The van der Waals surface area contributed by atoms with Gasteiger partial charge in [-0.3, -0.25) is 9.63 Å². The van der Waals surface area contributed by atoms with Crippen LogP contribution in [0.4, 0.5) is 0 Å². The summed E-state index contributed by atoms with van der Waals surface area (Å²) < 4.78 is 0. The summed E-state index contributed by atoms with van der Waals surface area (Å²) in [5.74, 6) is -0.331. The Morgan fingerprint density at radius 2 is 2.62 bits per heavy atom. The molecule has 1 heterocycles. The van der Waals surface area contributed by atoms with Crippen LogP contribution in [0.3, 0.4) is 0 Å². The maximum absolute atomic E-state index is 11.1. The van der Waals surface area contributed by atoms with Gasteiger partial charge in [-0.15, -0.1) is 11.3 Å². The Labute approximate surface area is 79.9 Å². The molecule has 3 N–H and O–H groups in total. The molecule has 1 amide bonds. The van der Waals surface area contributed by atoms with E-state index >= 15 is 0 Å². The number of thiazole rings is 1. The van der Waals surface area contributed by atoms with Gasteiger partial charge in [-0.1, -0.05) is 0 Å². The smallest absolute Gasteiger partial charge is 0.294 e. The van der Waals surface area contributed by atoms with Gasteiger partial charge in [-0.05, 0) is 6.54 Å². The van der Waals surface area contributed by atoms with E-state index in [1.54, 1.807) is 5.38 Å². The van der Waals surface area contributed by atoms with Crippen LogP contribution in [0, 0.1) is 0 Å². The van der Waals surface area contributed by atoms with Gasteiger partial charge in [0.1, 0.15) is 5.69 Å². The van der Waals surface area contributed by atoms with Crippen LogP contribution in [0.1, 0.15) is 15.5 Å². The first kappa shape index (κ1) is 10.1. The SMILES string of the molecule is CONC(=O)c1csc(CCN)n1. The topological polar surface area (TPSA) is 77.2 Å². The second-order valence-corrected chi connectivity index (χ2v) is 3.24. The molecule has 13 heavy (non-hydrogen) atoms. The quantitative estimate of drug-likeness (QED) is 0.669. The summed E-state index contributed by atoms with van der Waals surface area (Å²) in [6.07, 6.45) is 0.699. The van der Waals surface area contributed by atoms with Crippen LogP contribution in [0.15, 0.2) is 5.38 Å². The standard InChI is InChI=1S/C7H11N3O2S/c1-12-10-7(11)5-4-13-6(9-5)2-3-8/h4H,2-3,8H2,1H3,(H,10,11). The van der Waals surface area contributed by atoms with Crippen molar-refractivity contribution in [1.29, 1.82) is 0 Å². The van der Waals surface area contributed by atoms with E-state index in [-0.39, 0.29) is 5.91 Å². The molecule has 0 fully saturated rings. The third-order valence-corrected chi connectivity index (χ3v) is 2.25. The van der Waals surface area contributed by atoms with Gasteiger partial charge in [0.15, 0.2) is 0 Å². The average molecular weight is 201 g/mol. The maximum atomic E-state index is 11.1. The van der Waals surface area contributed by atoms with Crippen molar-refractivity contribution in [3.05, 3.63) is 16.1 Å². The lowest BCUT2D eigenvalue weighted by atomic mass is 10.4. The second kappa shape index (κ2) is 4.90. The molecular weight excluding hydrogens is 190 g/mol. The predicted octanol–water partition coefficient (Wildman–Crippen LogP) is -0.0645. The zero-order valence-electron chi connectivity index (χ0n) is 7.24. The first-order valence-electron chi connectivity index (χ1n) is 3.75. The molecule has 0 aliphatic rings. The number of nitrogens with one attached hydrogen (secondary N) is 1. The molecule has 1 aromatic rings. The number of hydroxylamine groups is 1. The first-order chi connectivity index (χ1) is 6.27. The molecule has 1 rings (SSSR count). The Bertz CT molecular complexity index is 287. The predicted molar refractivity (Wildman–Crippen MR) is 49.3 cm³/mol. The Hall–Kier alpha value is -0.980. The first-order valence-corrected chi connectivity index (χ1v) is 4.63. The zero-order valence-corrected chi connectivity index (χ0v) is 8.06. The normalized spacial score (nSPS) is 10.0. The summed E-state index contributed by atoms with van der Waals surface area (Å²) in [4.78, 5) is 19.7. The summed E-state index contributed by atoms with van der Waals surface area (Å²) in [6.45, 7) is 0.541. The fraction of sp³-hybridized carbons (Fsp3) is 0.429. The van der Waals surface area contributed by atoms with Gasteiger partial charge in [0.25, 0.3) is 5.91 Å². The number of nitrogens with two attached hydrogens (primary N) is 1. The largest absolute Gasteiger partial charge is 0.330 e. The number of hydrogen-bond acceptors (Lipinski definition) is 5. The summed E-state index contributed by atoms with van der Waals surface area (Å²) in [7, 11) is 1.38. The lowest BCUT2D eigenvalue weighted by Gasteiger charge is -1.96. The van der Waals surface area contributed by atoms with Crippen LogP contribution in [0.2, 0.25) is 0 Å². The van der Waals surface area contributed by atoms with Crippen LogP contribution in [-0.4, -0.2) is 24.5 Å². The summed E-state index contributed by atoms with van der Waals surface area (Å²) in [6, 6.07) is 0. The van der Waals surface area contributed by atoms with Crippen LogP contribution in [-0.2, 0) is 11.3 Å². The van der Waals surface area contributed by atoms with Crippen molar-refractivity contribution in [2.45, 2.75) is 6.42 Å². The highest BCUT2D eigenvalue weighted by atomic mass is 32.1. The van der Waals surface area contributed by atoms with Crippen molar-refractivity contribution in [1.82, 2.24) is 10.5 Å². The minimum atomic E-state index is -0.331. The van der Waals surface area contributed by atoms with Gasteiger partial charge in [0.05, 0.1) is 12.1 Å². The molecule has 0 aliphatic heterocycles. The number of carbonyl (C=O) groups excluding carboxylic acids is 1. The fourth-order valence-electron chi connectivity index (χ4n) is 0.798. The van der Waals surface area contributed by atoms with Crippen molar-refractivity contribution < 1.29 is 9.63 Å². The fourth-order valence-corrected chi connectivity index (χ4v) is 1.59. The Morgan fingerprint density at radius 3 is 3.23 bits per heavy atom. The third kappa shape index (κ3) is 2.76. The number of hydrogen-bond donors (Lipinski definition) is 2. The lowest BCUT2D eigenvalue weighted by molar-refractivity contribution is 0.0533. The molecular formula is C7H11N3O2S.